The summed E-state index contributed by atoms with van der Waals surface area (Å²) in [6, 6.07) is 12.9. The summed E-state index contributed by atoms with van der Waals surface area (Å²) in [6.07, 6.45) is 8.70. The van der Waals surface area contributed by atoms with Gasteiger partial charge in [-0.05, 0) is 106 Å². The molecule has 0 radical (unpaired) electrons. The lowest BCUT2D eigenvalue weighted by atomic mass is 9.90. The van der Waals surface area contributed by atoms with Gasteiger partial charge in [0, 0.05) is 42.4 Å². The number of nitrogens with zero attached hydrogens (tertiary/aromatic N) is 3. The first kappa shape index (κ1) is 25.8. The first-order valence-corrected chi connectivity index (χ1v) is 14.4. The maximum atomic E-state index is 13.9. The van der Waals surface area contributed by atoms with Gasteiger partial charge >= 0.3 is 5.69 Å². The van der Waals surface area contributed by atoms with Gasteiger partial charge in [-0.1, -0.05) is 24.3 Å². The predicted octanol–water partition coefficient (Wildman–Crippen LogP) is 5.60. The minimum atomic E-state index is -0.199. The zero-order chi connectivity index (χ0) is 26.9. The molecule has 2 aromatic carbocycles. The Hall–Kier alpha value is -3.45. The Balaban J connectivity index is 1.16. The Morgan fingerprint density at radius 3 is 2.72 bits per heavy atom. The molecule has 0 saturated carbocycles. The molecule has 1 N–H and O–H groups in total. The summed E-state index contributed by atoms with van der Waals surface area (Å²) < 4.78 is 17.2. The molecule has 4 aromatic rings. The number of rotatable bonds is 7. The quantitative estimate of drug-likeness (QED) is 0.318. The van der Waals surface area contributed by atoms with Crippen molar-refractivity contribution in [2.24, 2.45) is 0 Å². The topological polar surface area (TPSA) is 63.0 Å². The van der Waals surface area contributed by atoms with Gasteiger partial charge in [-0.25, -0.2) is 9.18 Å². The molecule has 4 heterocycles. The van der Waals surface area contributed by atoms with Crippen molar-refractivity contribution in [3.63, 3.8) is 0 Å². The maximum Gasteiger partial charge on any atom is 0.331 e. The molecule has 204 valence electrons. The molecule has 1 saturated heterocycles. The molecule has 0 aliphatic carbocycles. The Bertz CT molecular complexity index is 1610. The van der Waals surface area contributed by atoms with Gasteiger partial charge in [0.2, 0.25) is 0 Å². The Morgan fingerprint density at radius 2 is 1.85 bits per heavy atom. The van der Waals surface area contributed by atoms with E-state index in [1.165, 1.54) is 16.2 Å². The first-order valence-electron chi connectivity index (χ1n) is 14.4. The summed E-state index contributed by atoms with van der Waals surface area (Å²) in [5.74, 6) is 0.175. The monoisotopic (exact) mass is 528 g/mol. The van der Waals surface area contributed by atoms with Crippen LogP contribution in [0.2, 0.25) is 0 Å². The molecule has 0 bridgehead atoms. The fourth-order valence-electron chi connectivity index (χ4n) is 6.69. The zero-order valence-electron chi connectivity index (χ0n) is 22.7. The van der Waals surface area contributed by atoms with Crippen molar-refractivity contribution in [1.82, 2.24) is 19.0 Å². The fraction of sp³-hybridized carbons (Fsp3) is 0.438. The van der Waals surface area contributed by atoms with Crippen LogP contribution >= 0.6 is 0 Å². The SMILES string of the molecule is Cc1ccccc1-c1c2n(c(=O)n(CCCCN3CCCC(c4c[nH]c5ccc(F)cc45)C3)c1=O)CCCC2. The fourth-order valence-corrected chi connectivity index (χ4v) is 6.69. The molecule has 0 amide bonds. The summed E-state index contributed by atoms with van der Waals surface area (Å²) >= 11 is 0. The number of piperidine rings is 1. The highest BCUT2D eigenvalue weighted by Gasteiger charge is 2.25. The van der Waals surface area contributed by atoms with Crippen molar-refractivity contribution >= 4 is 10.9 Å². The van der Waals surface area contributed by atoms with Gasteiger partial charge in [-0.2, -0.15) is 0 Å². The van der Waals surface area contributed by atoms with E-state index in [0.717, 1.165) is 92.3 Å². The summed E-state index contributed by atoms with van der Waals surface area (Å²) in [7, 11) is 0. The Morgan fingerprint density at radius 1 is 1.00 bits per heavy atom. The molecule has 2 aliphatic heterocycles. The van der Waals surface area contributed by atoms with E-state index in [9.17, 15) is 14.0 Å². The molecule has 39 heavy (non-hydrogen) atoms. The number of aryl methyl sites for hydroxylation is 1. The van der Waals surface area contributed by atoms with Crippen LogP contribution < -0.4 is 11.2 Å². The summed E-state index contributed by atoms with van der Waals surface area (Å²) in [4.78, 5) is 32.9. The van der Waals surface area contributed by atoms with Crippen molar-refractivity contribution in [1.29, 1.82) is 0 Å². The second-order valence-corrected chi connectivity index (χ2v) is 11.3. The van der Waals surface area contributed by atoms with Crippen molar-refractivity contribution in [3.05, 3.63) is 92.1 Å². The Labute approximate surface area is 228 Å². The van der Waals surface area contributed by atoms with Crippen molar-refractivity contribution in [2.75, 3.05) is 19.6 Å². The Kier molecular flexibility index (Phi) is 7.26. The van der Waals surface area contributed by atoms with E-state index < -0.39 is 0 Å². The molecule has 1 unspecified atom stereocenters. The highest BCUT2D eigenvalue weighted by atomic mass is 19.1. The highest BCUT2D eigenvalue weighted by molar-refractivity contribution is 5.83. The van der Waals surface area contributed by atoms with Gasteiger partial charge < -0.3 is 9.88 Å². The third kappa shape index (κ3) is 5.00. The standard InChI is InChI=1S/C32H37FN4O2/c1-22-9-2-3-11-25(22)30-29-12-4-5-17-36(29)32(39)37(31(30)38)18-7-6-15-35-16-8-10-23(21-35)27-20-34-28-14-13-24(33)19-26(27)28/h2-3,9,11,13-14,19-20,23,34H,4-8,10,12,15-18,21H2,1H3. The van der Waals surface area contributed by atoms with E-state index in [0.29, 0.717) is 24.6 Å². The molecular formula is C32H37FN4O2. The summed E-state index contributed by atoms with van der Waals surface area (Å²) in [5, 5.41) is 0.985. The average Bonchev–Trinajstić information content (AvgIpc) is 3.37. The van der Waals surface area contributed by atoms with Crippen LogP contribution in [0.25, 0.3) is 22.0 Å². The van der Waals surface area contributed by atoms with E-state index in [4.69, 9.17) is 0 Å². The molecule has 6 nitrogen and oxygen atoms in total. The first-order chi connectivity index (χ1) is 19.0. The lowest BCUT2D eigenvalue weighted by Crippen LogP contribution is -2.44. The molecule has 1 atom stereocenters. The van der Waals surface area contributed by atoms with Crippen LogP contribution in [-0.4, -0.2) is 38.7 Å². The minimum Gasteiger partial charge on any atom is -0.361 e. The molecular weight excluding hydrogens is 491 g/mol. The lowest BCUT2D eigenvalue weighted by Gasteiger charge is -2.32. The van der Waals surface area contributed by atoms with Gasteiger partial charge in [0.15, 0.2) is 0 Å². The van der Waals surface area contributed by atoms with Crippen LogP contribution in [0.1, 0.15) is 61.3 Å². The van der Waals surface area contributed by atoms with Crippen LogP contribution in [0.5, 0.6) is 0 Å². The summed E-state index contributed by atoms with van der Waals surface area (Å²) in [5.41, 5.74) is 5.49. The third-order valence-electron chi connectivity index (χ3n) is 8.72. The molecule has 0 spiro atoms. The van der Waals surface area contributed by atoms with Gasteiger partial charge in [0.05, 0.1) is 5.56 Å². The number of likely N-dealkylation sites (tertiary alicyclic amines) is 1. The van der Waals surface area contributed by atoms with Crippen molar-refractivity contribution < 1.29 is 4.39 Å². The molecule has 1 fully saturated rings. The number of fused-ring (bicyclic) bond motifs is 2. The van der Waals surface area contributed by atoms with Crippen LogP contribution in [0.4, 0.5) is 4.39 Å². The normalized spacial score (nSPS) is 17.9. The second-order valence-electron chi connectivity index (χ2n) is 11.3. The van der Waals surface area contributed by atoms with Crippen molar-refractivity contribution in [2.45, 2.75) is 70.9 Å². The summed E-state index contributed by atoms with van der Waals surface area (Å²) in [6.45, 7) is 6.08. The number of hydrogen-bond acceptors (Lipinski definition) is 3. The van der Waals surface area contributed by atoms with Gasteiger partial charge in [0.1, 0.15) is 5.82 Å². The van der Waals surface area contributed by atoms with Crippen LogP contribution in [0, 0.1) is 12.7 Å². The highest BCUT2D eigenvalue weighted by Crippen LogP contribution is 2.33. The van der Waals surface area contributed by atoms with Crippen LogP contribution in [0.3, 0.4) is 0 Å². The smallest absolute Gasteiger partial charge is 0.331 e. The molecule has 7 heteroatoms. The number of nitrogens with one attached hydrogen (secondary N) is 1. The number of benzene rings is 2. The third-order valence-corrected chi connectivity index (χ3v) is 8.72. The number of hydrogen-bond donors (Lipinski definition) is 1. The largest absolute Gasteiger partial charge is 0.361 e. The number of halogens is 1. The predicted molar refractivity (Wildman–Crippen MR) is 154 cm³/mol. The number of unbranched alkanes of at least 4 members (excludes halogenated alkanes) is 1. The van der Waals surface area contributed by atoms with E-state index in [1.807, 2.05) is 48.0 Å². The van der Waals surface area contributed by atoms with Crippen molar-refractivity contribution in [3.8, 4) is 11.1 Å². The molecule has 2 aliphatic rings. The lowest BCUT2D eigenvalue weighted by molar-refractivity contribution is 0.204. The maximum absolute atomic E-state index is 13.9. The van der Waals surface area contributed by atoms with Gasteiger partial charge in [-0.15, -0.1) is 0 Å². The van der Waals surface area contributed by atoms with E-state index in [1.54, 1.807) is 6.07 Å². The molecule has 6 rings (SSSR count). The van der Waals surface area contributed by atoms with Crippen LogP contribution in [-0.2, 0) is 19.5 Å². The molecule has 2 aromatic heterocycles. The van der Waals surface area contributed by atoms with E-state index in [2.05, 4.69) is 9.88 Å². The average molecular weight is 529 g/mol. The zero-order valence-corrected chi connectivity index (χ0v) is 22.7. The second kappa shape index (κ2) is 11.0. The van der Waals surface area contributed by atoms with Gasteiger partial charge in [0.25, 0.3) is 5.56 Å². The van der Waals surface area contributed by atoms with Crippen LogP contribution in [0.15, 0.2) is 58.3 Å². The minimum absolute atomic E-state index is 0.146. The number of aromatic amines is 1. The number of H-pyrrole nitrogens is 1. The van der Waals surface area contributed by atoms with Gasteiger partial charge in [-0.3, -0.25) is 13.9 Å². The van der Waals surface area contributed by atoms with E-state index >= 15 is 0 Å². The van der Waals surface area contributed by atoms with E-state index in [-0.39, 0.29) is 17.1 Å². The number of aromatic nitrogens is 3.